The number of aromatic nitrogens is 1. The van der Waals surface area contributed by atoms with Gasteiger partial charge in [-0.2, -0.15) is 0 Å². The van der Waals surface area contributed by atoms with Crippen molar-refractivity contribution >= 4 is 44.6 Å². The average Bonchev–Trinajstić information content (AvgIpc) is 3.69. The second-order valence-electron chi connectivity index (χ2n) is 16.4. The molecule has 3 saturated carbocycles. The van der Waals surface area contributed by atoms with Crippen molar-refractivity contribution in [2.45, 2.75) is 120 Å². The number of rotatable bonds is 7. The summed E-state index contributed by atoms with van der Waals surface area (Å²) >= 11 is 0. The number of fused-ring (bicyclic) bond motifs is 3. The molecule has 286 valence electrons. The maximum atomic E-state index is 14.7. The van der Waals surface area contributed by atoms with Gasteiger partial charge in [0.05, 0.1) is 18.4 Å². The van der Waals surface area contributed by atoms with Crippen molar-refractivity contribution < 1.29 is 37.1 Å². The van der Waals surface area contributed by atoms with Crippen LogP contribution in [0.4, 0.5) is 4.79 Å². The highest BCUT2D eigenvalue weighted by molar-refractivity contribution is 7.91. The van der Waals surface area contributed by atoms with Gasteiger partial charge >= 0.3 is 6.09 Å². The molecule has 4 amide bonds. The summed E-state index contributed by atoms with van der Waals surface area (Å²) in [5, 5.41) is 6.92. The van der Waals surface area contributed by atoms with Crippen LogP contribution in [0.5, 0.6) is 5.88 Å². The molecule has 3 heterocycles. The fourth-order valence-electron chi connectivity index (χ4n) is 8.49. The van der Waals surface area contributed by atoms with Crippen molar-refractivity contribution in [2.24, 2.45) is 17.3 Å². The third-order valence-corrected chi connectivity index (χ3v) is 13.8. The summed E-state index contributed by atoms with van der Waals surface area (Å²) in [6, 6.07) is 6.07. The van der Waals surface area contributed by atoms with Crippen LogP contribution in [-0.4, -0.2) is 84.2 Å². The van der Waals surface area contributed by atoms with E-state index in [2.05, 4.69) is 52.9 Å². The first-order valence-electron chi connectivity index (χ1n) is 19.1. The van der Waals surface area contributed by atoms with Crippen molar-refractivity contribution in [3.8, 4) is 5.88 Å². The highest BCUT2D eigenvalue weighted by atomic mass is 32.2. The minimum atomic E-state index is -3.89. The molecule has 53 heavy (non-hydrogen) atoms. The summed E-state index contributed by atoms with van der Waals surface area (Å²) in [6.07, 6.45) is 9.43. The lowest BCUT2D eigenvalue weighted by Gasteiger charge is -2.47. The molecular weight excluding hydrogens is 699 g/mol. The zero-order chi connectivity index (χ0) is 37.5. The Balaban J connectivity index is 1.22. The van der Waals surface area contributed by atoms with Gasteiger partial charge in [-0.05, 0) is 92.2 Å². The highest BCUT2D eigenvalue weighted by Crippen LogP contribution is 2.41. The SMILES string of the molecule is C=C[C@@H]1CC[C@]1(NC(=O)[C@@H]1C[C@@H]2CN1C(=O)[C@H](C1CCCC1)NC(=O)OCC(C)(C)CCCc1ccc3ccnc(c3c1)O2)C(=O)NS(=O)(=O)C1CC1. The van der Waals surface area contributed by atoms with Crippen LogP contribution in [0.3, 0.4) is 0 Å². The van der Waals surface area contributed by atoms with E-state index in [0.717, 1.165) is 61.3 Å². The molecule has 4 fully saturated rings. The standard InChI is InChI=1S/C39H51N5O8S/c1-4-27-15-18-39(27,36(47)43-53(49,50)29-13-14-29)42-33(45)31-21-28-22-44(31)35(46)32(26-9-5-6-10-26)41-37(48)51-23-38(2,3)17-7-8-24-11-12-25-16-19-40-34(52-28)30(25)20-24/h4,11-12,16,19-20,26-29,31-32H,1,5-10,13-15,17-18,21-23H2,2-3H3,(H,41,48)(H,42,45)(H,43,47)/t27-,28-,31+,32+,39-/m1/s1. The minimum Gasteiger partial charge on any atom is -0.472 e. The molecule has 1 aromatic heterocycles. The molecule has 0 unspecified atom stereocenters. The summed E-state index contributed by atoms with van der Waals surface area (Å²) in [7, 11) is -3.89. The van der Waals surface area contributed by atoms with Crippen molar-refractivity contribution in [1.29, 1.82) is 0 Å². The van der Waals surface area contributed by atoms with Crippen LogP contribution >= 0.6 is 0 Å². The smallest absolute Gasteiger partial charge is 0.407 e. The van der Waals surface area contributed by atoms with Gasteiger partial charge in [-0.15, -0.1) is 6.58 Å². The van der Waals surface area contributed by atoms with Gasteiger partial charge in [0.2, 0.25) is 27.7 Å². The first-order chi connectivity index (χ1) is 25.3. The number of nitrogens with one attached hydrogen (secondary N) is 3. The van der Waals surface area contributed by atoms with E-state index in [4.69, 9.17) is 9.47 Å². The molecular formula is C39H51N5O8S. The normalized spacial score (nSPS) is 29.6. The first kappa shape index (κ1) is 37.1. The lowest BCUT2D eigenvalue weighted by Crippen LogP contribution is -2.70. The fourth-order valence-corrected chi connectivity index (χ4v) is 9.86. The third-order valence-electron chi connectivity index (χ3n) is 12.0. The third kappa shape index (κ3) is 7.74. The minimum absolute atomic E-state index is 0.0296. The molecule has 0 spiro atoms. The Labute approximate surface area is 311 Å². The molecule has 5 atom stereocenters. The van der Waals surface area contributed by atoms with E-state index in [9.17, 15) is 27.6 Å². The van der Waals surface area contributed by atoms with E-state index in [1.807, 2.05) is 12.1 Å². The van der Waals surface area contributed by atoms with Crippen LogP contribution < -0.4 is 20.1 Å². The molecule has 3 N–H and O–H groups in total. The summed E-state index contributed by atoms with van der Waals surface area (Å²) in [4.78, 5) is 62.3. The average molecular weight is 750 g/mol. The Morgan fingerprint density at radius 1 is 1.06 bits per heavy atom. The molecule has 2 aliphatic heterocycles. The number of hydrogen-bond acceptors (Lipinski definition) is 9. The Hall–Kier alpha value is -4.20. The molecule has 3 aliphatic carbocycles. The Morgan fingerprint density at radius 3 is 2.53 bits per heavy atom. The van der Waals surface area contributed by atoms with Crippen molar-refractivity contribution in [3.63, 3.8) is 0 Å². The molecule has 0 radical (unpaired) electrons. The predicted octanol–water partition coefficient (Wildman–Crippen LogP) is 4.29. The molecule has 5 aliphatic rings. The fraction of sp³-hybridized carbons (Fsp3) is 0.615. The zero-order valence-corrected chi connectivity index (χ0v) is 31.4. The lowest BCUT2D eigenvalue weighted by atomic mass is 9.66. The van der Waals surface area contributed by atoms with Gasteiger partial charge in [-0.25, -0.2) is 18.2 Å². The maximum absolute atomic E-state index is 14.7. The summed E-state index contributed by atoms with van der Waals surface area (Å²) in [5.41, 5.74) is -0.748. The molecule has 2 aromatic rings. The number of benzene rings is 1. The second kappa shape index (κ2) is 14.6. The molecule has 4 bridgehead atoms. The molecule has 1 aromatic carbocycles. The van der Waals surface area contributed by atoms with E-state index < -0.39 is 68.7 Å². The van der Waals surface area contributed by atoms with Gasteiger partial charge in [-0.3, -0.25) is 19.1 Å². The molecule has 1 saturated heterocycles. The van der Waals surface area contributed by atoms with Crippen molar-refractivity contribution in [2.75, 3.05) is 13.2 Å². The number of nitrogens with zero attached hydrogens (tertiary/aromatic N) is 2. The van der Waals surface area contributed by atoms with Gasteiger partial charge in [0, 0.05) is 23.9 Å². The van der Waals surface area contributed by atoms with Crippen LogP contribution in [0.25, 0.3) is 10.8 Å². The lowest BCUT2D eigenvalue weighted by molar-refractivity contribution is -0.145. The molecule has 7 rings (SSSR count). The zero-order valence-electron chi connectivity index (χ0n) is 30.6. The monoisotopic (exact) mass is 749 g/mol. The van der Waals surface area contributed by atoms with Crippen LogP contribution in [0.2, 0.25) is 0 Å². The maximum Gasteiger partial charge on any atom is 0.407 e. The number of hydrogen-bond donors (Lipinski definition) is 3. The summed E-state index contributed by atoms with van der Waals surface area (Å²) in [6.45, 7) is 8.16. The van der Waals surface area contributed by atoms with E-state index in [1.165, 1.54) is 4.90 Å². The van der Waals surface area contributed by atoms with Gasteiger partial charge < -0.3 is 25.0 Å². The van der Waals surface area contributed by atoms with Gasteiger partial charge in [0.15, 0.2) is 0 Å². The first-order valence-corrected chi connectivity index (χ1v) is 20.6. The Bertz CT molecular complexity index is 1890. The van der Waals surface area contributed by atoms with Crippen LogP contribution in [0.15, 0.2) is 43.1 Å². The number of carbonyl (C=O) groups excluding carboxylic acids is 4. The van der Waals surface area contributed by atoms with Crippen molar-refractivity contribution in [1.82, 2.24) is 25.2 Å². The second-order valence-corrected chi connectivity index (χ2v) is 18.4. The number of carbonyl (C=O) groups is 4. The van der Waals surface area contributed by atoms with Gasteiger partial charge in [0.25, 0.3) is 5.91 Å². The van der Waals surface area contributed by atoms with E-state index in [1.54, 1.807) is 12.3 Å². The number of pyridine rings is 1. The molecule has 14 heteroatoms. The Morgan fingerprint density at radius 2 is 1.83 bits per heavy atom. The number of aryl methyl sites for hydroxylation is 1. The Kier molecular flexibility index (Phi) is 10.2. The number of cyclic esters (lactones) is 1. The quantitative estimate of drug-likeness (QED) is 0.349. The van der Waals surface area contributed by atoms with Crippen LogP contribution in [0.1, 0.15) is 90.0 Å². The number of alkyl carbamates (subject to hydrolysis) is 1. The van der Waals surface area contributed by atoms with E-state index in [0.29, 0.717) is 25.1 Å². The topological polar surface area (TPSA) is 173 Å². The predicted molar refractivity (Wildman–Crippen MR) is 197 cm³/mol. The summed E-state index contributed by atoms with van der Waals surface area (Å²) < 4.78 is 40.2. The van der Waals surface area contributed by atoms with E-state index in [-0.39, 0.29) is 37.3 Å². The highest BCUT2D eigenvalue weighted by Gasteiger charge is 2.56. The molecule has 13 nitrogen and oxygen atoms in total. The van der Waals surface area contributed by atoms with Gasteiger partial charge in [-0.1, -0.05) is 44.9 Å². The number of ether oxygens (including phenoxy) is 2. The van der Waals surface area contributed by atoms with Crippen LogP contribution in [0, 0.1) is 17.3 Å². The number of sulfonamides is 1. The number of amides is 4. The van der Waals surface area contributed by atoms with Crippen molar-refractivity contribution in [3.05, 3.63) is 48.7 Å². The largest absolute Gasteiger partial charge is 0.472 e. The van der Waals surface area contributed by atoms with Crippen LogP contribution in [-0.2, 0) is 35.6 Å². The van der Waals surface area contributed by atoms with E-state index >= 15 is 0 Å². The van der Waals surface area contributed by atoms with Gasteiger partial charge in [0.1, 0.15) is 23.7 Å². The summed E-state index contributed by atoms with van der Waals surface area (Å²) in [5.74, 6) is -2.12.